The fourth-order valence-corrected chi connectivity index (χ4v) is 2.08. The lowest BCUT2D eigenvalue weighted by Crippen LogP contribution is -2.41. The minimum atomic E-state index is -0.351. The Morgan fingerprint density at radius 2 is 1.58 bits per heavy atom. The summed E-state index contributed by atoms with van der Waals surface area (Å²) in [4.78, 5) is 4.92. The van der Waals surface area contributed by atoms with Gasteiger partial charge in [-0.05, 0) is 45.3 Å². The molecule has 1 fully saturated rings. The molecule has 0 radical (unpaired) electrons. The van der Waals surface area contributed by atoms with Gasteiger partial charge >= 0.3 is 7.12 Å². The van der Waals surface area contributed by atoms with Crippen molar-refractivity contribution < 1.29 is 18.6 Å². The molecular weight excluding hydrogens is 265 g/mol. The SMILES string of the molecule is CC1(C)OB(c2ccc(SOON)cc2)OC1(C)C. The molecule has 1 aliphatic heterocycles. The van der Waals surface area contributed by atoms with Gasteiger partial charge in [0, 0.05) is 4.90 Å². The number of hydrogen-bond acceptors (Lipinski definition) is 6. The van der Waals surface area contributed by atoms with Crippen LogP contribution in [0.25, 0.3) is 0 Å². The number of benzene rings is 1. The highest BCUT2D eigenvalue weighted by molar-refractivity contribution is 7.94. The molecule has 1 aromatic rings. The van der Waals surface area contributed by atoms with E-state index in [1.165, 1.54) is 0 Å². The second kappa shape index (κ2) is 5.44. The molecule has 0 bridgehead atoms. The highest BCUT2D eigenvalue weighted by Crippen LogP contribution is 2.36. The summed E-state index contributed by atoms with van der Waals surface area (Å²) >= 11 is 1.04. The van der Waals surface area contributed by atoms with Crippen LogP contribution in [0.4, 0.5) is 0 Å². The van der Waals surface area contributed by atoms with E-state index in [4.69, 9.17) is 15.2 Å². The third kappa shape index (κ3) is 3.13. The predicted octanol–water partition coefficient (Wildman–Crippen LogP) is 1.81. The van der Waals surface area contributed by atoms with Crippen molar-refractivity contribution in [1.29, 1.82) is 0 Å². The average molecular weight is 283 g/mol. The zero-order valence-electron chi connectivity index (χ0n) is 11.5. The van der Waals surface area contributed by atoms with Gasteiger partial charge in [-0.15, -0.1) is 9.32 Å². The second-order valence-corrected chi connectivity index (χ2v) is 6.18. The summed E-state index contributed by atoms with van der Waals surface area (Å²) in [6, 6.07) is 7.66. The molecule has 1 heterocycles. The maximum atomic E-state index is 5.97. The fourth-order valence-electron chi connectivity index (χ4n) is 1.72. The molecule has 1 saturated heterocycles. The van der Waals surface area contributed by atoms with Gasteiger partial charge < -0.3 is 9.31 Å². The highest BCUT2D eigenvalue weighted by atomic mass is 32.2. The quantitative estimate of drug-likeness (QED) is 0.393. The first-order chi connectivity index (χ1) is 8.86. The molecule has 1 aromatic carbocycles. The van der Waals surface area contributed by atoms with E-state index in [0.717, 1.165) is 22.4 Å². The van der Waals surface area contributed by atoms with Crippen LogP contribution in [0.5, 0.6) is 0 Å². The molecule has 0 unspecified atom stereocenters. The van der Waals surface area contributed by atoms with Crippen molar-refractivity contribution in [3.63, 3.8) is 0 Å². The van der Waals surface area contributed by atoms with Gasteiger partial charge in [0.2, 0.25) is 0 Å². The number of hydrogen-bond donors (Lipinski definition) is 1. The lowest BCUT2D eigenvalue weighted by atomic mass is 9.79. The van der Waals surface area contributed by atoms with Gasteiger partial charge in [0.05, 0.1) is 23.2 Å². The predicted molar refractivity (Wildman–Crippen MR) is 74.4 cm³/mol. The summed E-state index contributed by atoms with van der Waals surface area (Å²) in [7, 11) is -0.351. The summed E-state index contributed by atoms with van der Waals surface area (Å²) in [6.45, 7) is 8.13. The van der Waals surface area contributed by atoms with Gasteiger partial charge in [0.25, 0.3) is 0 Å². The fraction of sp³-hybridized carbons (Fsp3) is 0.500. The first kappa shape index (κ1) is 14.8. The third-order valence-corrected chi connectivity index (χ3v) is 4.19. The Morgan fingerprint density at radius 3 is 2.05 bits per heavy atom. The normalized spacial score (nSPS) is 20.8. The van der Waals surface area contributed by atoms with Crippen LogP contribution in [0.3, 0.4) is 0 Å². The molecule has 0 amide bonds. The van der Waals surface area contributed by atoms with E-state index in [0.29, 0.717) is 0 Å². The standard InChI is InChI=1S/C12H18BNO4S/c1-11(2)12(3,4)16-13(15-11)9-5-7-10(8-6-9)19-18-17-14/h5-8H,14H2,1-4H3. The van der Waals surface area contributed by atoms with Crippen molar-refractivity contribution in [3.05, 3.63) is 24.3 Å². The van der Waals surface area contributed by atoms with Gasteiger partial charge in [0.1, 0.15) is 0 Å². The van der Waals surface area contributed by atoms with Crippen molar-refractivity contribution in [1.82, 2.24) is 0 Å². The van der Waals surface area contributed by atoms with E-state index in [1.807, 2.05) is 52.0 Å². The molecule has 7 heteroatoms. The van der Waals surface area contributed by atoms with E-state index in [-0.39, 0.29) is 18.3 Å². The summed E-state index contributed by atoms with van der Waals surface area (Å²) in [5.41, 5.74) is 0.306. The Bertz CT molecular complexity index is 422. The molecule has 0 aromatic heterocycles. The van der Waals surface area contributed by atoms with E-state index in [9.17, 15) is 0 Å². The largest absolute Gasteiger partial charge is 0.494 e. The Morgan fingerprint density at radius 1 is 1.05 bits per heavy atom. The van der Waals surface area contributed by atoms with E-state index in [2.05, 4.69) is 9.32 Å². The molecule has 1 aliphatic rings. The van der Waals surface area contributed by atoms with Crippen LogP contribution in [0, 0.1) is 0 Å². The van der Waals surface area contributed by atoms with Crippen LogP contribution >= 0.6 is 12.0 Å². The minimum Gasteiger partial charge on any atom is -0.399 e. The average Bonchev–Trinajstić information content (AvgIpc) is 2.56. The lowest BCUT2D eigenvalue weighted by molar-refractivity contribution is -0.195. The van der Waals surface area contributed by atoms with Crippen LogP contribution in [-0.4, -0.2) is 18.3 Å². The molecule has 19 heavy (non-hydrogen) atoms. The molecule has 0 aliphatic carbocycles. The zero-order chi connectivity index (χ0) is 14.1. The van der Waals surface area contributed by atoms with Crippen molar-refractivity contribution in [3.8, 4) is 0 Å². The van der Waals surface area contributed by atoms with E-state index < -0.39 is 0 Å². The second-order valence-electron chi connectivity index (χ2n) is 5.40. The summed E-state index contributed by atoms with van der Waals surface area (Å²) in [5, 5.41) is 0. The first-order valence-electron chi connectivity index (χ1n) is 6.01. The zero-order valence-corrected chi connectivity index (χ0v) is 12.3. The molecule has 5 nitrogen and oxygen atoms in total. The molecule has 2 rings (SSSR count). The third-order valence-electron chi connectivity index (χ3n) is 3.58. The van der Waals surface area contributed by atoms with Crippen molar-refractivity contribution in [2.45, 2.75) is 43.8 Å². The molecule has 104 valence electrons. The van der Waals surface area contributed by atoms with E-state index in [1.54, 1.807) is 0 Å². The van der Waals surface area contributed by atoms with E-state index >= 15 is 0 Å². The summed E-state index contributed by atoms with van der Waals surface area (Å²) in [5.74, 6) is 4.78. The van der Waals surface area contributed by atoms with Crippen molar-refractivity contribution >= 4 is 24.6 Å². The maximum Gasteiger partial charge on any atom is 0.494 e. The molecule has 2 N–H and O–H groups in total. The smallest absolute Gasteiger partial charge is 0.399 e. The number of rotatable bonds is 4. The highest BCUT2D eigenvalue weighted by Gasteiger charge is 2.51. The summed E-state index contributed by atoms with van der Waals surface area (Å²) in [6.07, 6.45) is 0. The van der Waals surface area contributed by atoms with Gasteiger partial charge in [0.15, 0.2) is 0 Å². The molecular formula is C12H18BNO4S. The maximum absolute atomic E-state index is 5.97. The van der Waals surface area contributed by atoms with Crippen LogP contribution in [-0.2, 0) is 18.6 Å². The Labute approximate surface area is 118 Å². The Kier molecular flexibility index (Phi) is 4.24. The monoisotopic (exact) mass is 283 g/mol. The van der Waals surface area contributed by atoms with Crippen molar-refractivity contribution in [2.24, 2.45) is 5.90 Å². The first-order valence-corrected chi connectivity index (χ1v) is 6.75. The minimum absolute atomic E-state index is 0.332. The van der Waals surface area contributed by atoms with Gasteiger partial charge in [-0.3, -0.25) is 0 Å². The van der Waals surface area contributed by atoms with Gasteiger partial charge in [-0.25, -0.2) is 0 Å². The lowest BCUT2D eigenvalue weighted by Gasteiger charge is -2.32. The van der Waals surface area contributed by atoms with Crippen LogP contribution < -0.4 is 11.4 Å². The van der Waals surface area contributed by atoms with Crippen LogP contribution in [0.15, 0.2) is 29.2 Å². The van der Waals surface area contributed by atoms with Crippen LogP contribution in [0.1, 0.15) is 27.7 Å². The number of nitrogens with two attached hydrogens (primary N) is 1. The Hall–Kier alpha value is -0.565. The van der Waals surface area contributed by atoms with Crippen LogP contribution in [0.2, 0.25) is 0 Å². The topological polar surface area (TPSA) is 62.9 Å². The van der Waals surface area contributed by atoms with Gasteiger partial charge in [-0.1, -0.05) is 12.1 Å². The van der Waals surface area contributed by atoms with Gasteiger partial charge in [-0.2, -0.15) is 5.90 Å². The van der Waals surface area contributed by atoms with Crippen molar-refractivity contribution in [2.75, 3.05) is 0 Å². The Balaban J connectivity index is 2.08. The molecule has 0 atom stereocenters. The summed E-state index contributed by atoms with van der Waals surface area (Å²) < 4.78 is 16.5. The molecule has 0 spiro atoms. The molecule has 0 saturated carbocycles.